The number of anilines is 1. The lowest BCUT2D eigenvalue weighted by Crippen LogP contribution is -2.33. The van der Waals surface area contributed by atoms with Crippen LogP contribution in [0.4, 0.5) is 5.69 Å². The zero-order valence-electron chi connectivity index (χ0n) is 14.9. The van der Waals surface area contributed by atoms with Gasteiger partial charge in [-0.3, -0.25) is 5.43 Å². The van der Waals surface area contributed by atoms with E-state index in [1.165, 1.54) is 0 Å². The number of hydrogen-bond donors (Lipinski definition) is 2. The minimum absolute atomic E-state index is 0.108. The Balaban J connectivity index is 1.96. The van der Waals surface area contributed by atoms with Crippen LogP contribution < -0.4 is 5.43 Å². The molecule has 2 aromatic carbocycles. The number of carboxylic acid groups (broad SMARTS) is 1. The second-order valence-corrected chi connectivity index (χ2v) is 6.88. The summed E-state index contributed by atoms with van der Waals surface area (Å²) in [6, 6.07) is 14.2. The Hall–Kier alpha value is -2.54. The Bertz CT molecular complexity index is 895. The summed E-state index contributed by atoms with van der Waals surface area (Å²) in [4.78, 5) is 14.0. The molecule has 0 bridgehead atoms. The highest BCUT2D eigenvalue weighted by Gasteiger charge is 2.20. The van der Waals surface area contributed by atoms with Gasteiger partial charge in [0, 0.05) is 24.9 Å². The van der Waals surface area contributed by atoms with Crippen LogP contribution >= 0.6 is 23.2 Å². The molecule has 0 aliphatic carbocycles. The number of hydrogen-bond acceptors (Lipinski definition) is 5. The van der Waals surface area contributed by atoms with E-state index in [2.05, 4.69) is 10.5 Å². The number of morpholine rings is 1. The monoisotopic (exact) mass is 419 g/mol. The van der Waals surface area contributed by atoms with Crippen molar-refractivity contribution in [3.63, 3.8) is 0 Å². The van der Waals surface area contributed by atoms with Crippen molar-refractivity contribution in [3.05, 3.63) is 70.3 Å². The van der Waals surface area contributed by atoms with Crippen molar-refractivity contribution >= 4 is 46.1 Å². The predicted octanol–water partition coefficient (Wildman–Crippen LogP) is 4.22. The van der Waals surface area contributed by atoms with Crippen LogP contribution in [-0.2, 0) is 9.53 Å². The van der Waals surface area contributed by atoms with Gasteiger partial charge < -0.3 is 14.7 Å². The van der Waals surface area contributed by atoms with Gasteiger partial charge in [-0.15, -0.1) is 0 Å². The third kappa shape index (κ3) is 5.25. The third-order valence-corrected chi connectivity index (χ3v) is 4.86. The van der Waals surface area contributed by atoms with Crippen LogP contribution in [0.25, 0.3) is 5.57 Å². The van der Waals surface area contributed by atoms with Gasteiger partial charge in [-0.05, 0) is 23.8 Å². The van der Waals surface area contributed by atoms with Crippen molar-refractivity contribution in [2.45, 2.75) is 0 Å². The maximum absolute atomic E-state index is 12.0. The summed E-state index contributed by atoms with van der Waals surface area (Å²) in [7, 11) is 0. The first kappa shape index (κ1) is 20.2. The molecule has 2 aromatic rings. The molecule has 1 heterocycles. The zero-order valence-corrected chi connectivity index (χ0v) is 16.5. The minimum atomic E-state index is -1.14. The van der Waals surface area contributed by atoms with Crippen molar-refractivity contribution < 1.29 is 14.6 Å². The number of carbonyl (C=O) groups is 1. The van der Waals surface area contributed by atoms with E-state index in [-0.39, 0.29) is 5.71 Å². The highest BCUT2D eigenvalue weighted by atomic mass is 35.5. The Labute approximate surface area is 173 Å². The summed E-state index contributed by atoms with van der Waals surface area (Å²) in [5.74, 6) is -1.14. The molecule has 0 atom stereocenters. The van der Waals surface area contributed by atoms with Crippen molar-refractivity contribution in [1.82, 2.24) is 4.90 Å². The topological polar surface area (TPSA) is 74.2 Å². The first-order valence-corrected chi connectivity index (χ1v) is 9.41. The molecular formula is C20H19Cl2N3O3. The number of nitrogens with zero attached hydrogens (tertiary/aromatic N) is 2. The van der Waals surface area contributed by atoms with Crippen molar-refractivity contribution in [1.29, 1.82) is 0 Å². The van der Waals surface area contributed by atoms with Gasteiger partial charge in [-0.2, -0.15) is 5.10 Å². The summed E-state index contributed by atoms with van der Waals surface area (Å²) in [5.41, 5.74) is 4.45. The molecule has 0 radical (unpaired) electrons. The second-order valence-electron chi connectivity index (χ2n) is 6.06. The lowest BCUT2D eigenvalue weighted by molar-refractivity contribution is -0.129. The molecule has 0 spiro atoms. The molecule has 0 saturated carbocycles. The van der Waals surface area contributed by atoms with Crippen LogP contribution in [0.3, 0.4) is 0 Å². The van der Waals surface area contributed by atoms with E-state index in [1.54, 1.807) is 18.2 Å². The van der Waals surface area contributed by atoms with Crippen LogP contribution in [0.1, 0.15) is 5.56 Å². The quantitative estimate of drug-likeness (QED) is 0.541. The van der Waals surface area contributed by atoms with Gasteiger partial charge in [0.1, 0.15) is 0 Å². The summed E-state index contributed by atoms with van der Waals surface area (Å²) in [5, 5.41) is 14.7. The fourth-order valence-electron chi connectivity index (χ4n) is 2.69. The smallest absolute Gasteiger partial charge is 0.357 e. The van der Waals surface area contributed by atoms with Gasteiger partial charge in [0.05, 0.1) is 28.9 Å². The zero-order chi connectivity index (χ0) is 19.9. The average molecular weight is 420 g/mol. The van der Waals surface area contributed by atoms with E-state index in [4.69, 9.17) is 27.9 Å². The van der Waals surface area contributed by atoms with Crippen LogP contribution in [0.2, 0.25) is 10.0 Å². The van der Waals surface area contributed by atoms with Crippen LogP contribution in [-0.4, -0.2) is 48.0 Å². The first-order chi connectivity index (χ1) is 13.5. The molecule has 6 nitrogen and oxygen atoms in total. The van der Waals surface area contributed by atoms with Crippen LogP contribution in [0, 0.1) is 0 Å². The highest BCUT2D eigenvalue weighted by molar-refractivity contribution is 6.53. The summed E-state index contributed by atoms with van der Waals surface area (Å²) in [6.45, 7) is 2.56. The fraction of sp³-hybridized carbons (Fsp3) is 0.200. The van der Waals surface area contributed by atoms with Gasteiger partial charge in [0.25, 0.3) is 0 Å². The van der Waals surface area contributed by atoms with Crippen molar-refractivity contribution in [2.75, 3.05) is 31.7 Å². The van der Waals surface area contributed by atoms with E-state index in [0.29, 0.717) is 47.6 Å². The van der Waals surface area contributed by atoms with E-state index < -0.39 is 5.97 Å². The molecule has 1 aliphatic rings. The van der Waals surface area contributed by atoms with Gasteiger partial charge in [0.15, 0.2) is 5.71 Å². The van der Waals surface area contributed by atoms with Crippen LogP contribution in [0.15, 0.2) is 59.8 Å². The van der Waals surface area contributed by atoms with Gasteiger partial charge in [0.2, 0.25) is 0 Å². The van der Waals surface area contributed by atoms with E-state index in [0.717, 1.165) is 5.56 Å². The largest absolute Gasteiger partial charge is 0.476 e. The second kappa shape index (κ2) is 9.59. The lowest BCUT2D eigenvalue weighted by atomic mass is 10.0. The van der Waals surface area contributed by atoms with Crippen molar-refractivity contribution in [3.8, 4) is 0 Å². The average Bonchev–Trinajstić information content (AvgIpc) is 2.71. The summed E-state index contributed by atoms with van der Waals surface area (Å²) in [6.07, 6.45) is 1.82. The number of hydrazone groups is 1. The maximum Gasteiger partial charge on any atom is 0.357 e. The third-order valence-electron chi connectivity index (χ3n) is 4.12. The lowest BCUT2D eigenvalue weighted by Gasteiger charge is -2.26. The molecule has 0 amide bonds. The van der Waals surface area contributed by atoms with E-state index in [9.17, 15) is 9.90 Å². The molecular weight excluding hydrogens is 401 g/mol. The molecule has 0 aromatic heterocycles. The number of carboxylic acids is 1. The molecule has 8 heteroatoms. The molecule has 2 N–H and O–H groups in total. The Morgan fingerprint density at radius 2 is 1.82 bits per heavy atom. The molecule has 3 rings (SSSR count). The minimum Gasteiger partial charge on any atom is -0.476 e. The first-order valence-electron chi connectivity index (χ1n) is 8.66. The highest BCUT2D eigenvalue weighted by Crippen LogP contribution is 2.25. The van der Waals surface area contributed by atoms with E-state index in [1.807, 2.05) is 41.4 Å². The molecule has 0 unspecified atom stereocenters. The molecule has 1 aliphatic heterocycles. The molecule has 1 fully saturated rings. The van der Waals surface area contributed by atoms with Crippen molar-refractivity contribution in [2.24, 2.45) is 5.10 Å². The number of benzene rings is 2. The fourth-order valence-corrected chi connectivity index (χ4v) is 2.99. The number of aliphatic carboxylic acids is 1. The normalized spacial score (nSPS) is 15.4. The molecule has 146 valence electrons. The number of nitrogens with one attached hydrogen (secondary N) is 1. The summed E-state index contributed by atoms with van der Waals surface area (Å²) >= 11 is 11.9. The van der Waals surface area contributed by atoms with Crippen LogP contribution in [0.5, 0.6) is 0 Å². The molecule has 28 heavy (non-hydrogen) atoms. The predicted molar refractivity (Wildman–Crippen MR) is 112 cm³/mol. The summed E-state index contributed by atoms with van der Waals surface area (Å²) < 4.78 is 5.37. The molecule has 1 saturated heterocycles. The number of ether oxygens (including phenoxy) is 1. The number of halogens is 2. The standard InChI is InChI=1S/C20H19Cl2N3O3/c21-17-7-6-15(12-18(17)22)23-24-19(20(26)27)16(14-4-2-1-3-5-14)13-25-8-10-28-11-9-25/h1-7,12-13,23H,8-11H2,(H,26,27). The van der Waals surface area contributed by atoms with Gasteiger partial charge in [-0.1, -0.05) is 53.5 Å². The maximum atomic E-state index is 12.0. The number of rotatable bonds is 6. The SMILES string of the molecule is O=C(O)C(=NNc1ccc(Cl)c(Cl)c1)C(=CN1CCOCC1)c1ccccc1. The Kier molecular flexibility index (Phi) is 6.92. The van der Waals surface area contributed by atoms with Gasteiger partial charge in [-0.25, -0.2) is 4.79 Å². The van der Waals surface area contributed by atoms with E-state index >= 15 is 0 Å². The Morgan fingerprint density at radius 3 is 2.46 bits per heavy atom. The van der Waals surface area contributed by atoms with Gasteiger partial charge >= 0.3 is 5.97 Å². The Morgan fingerprint density at radius 1 is 1.11 bits per heavy atom.